The fourth-order valence-electron chi connectivity index (χ4n) is 3.32. The lowest BCUT2D eigenvalue weighted by Gasteiger charge is -2.32. The third-order valence-corrected chi connectivity index (χ3v) is 6.43. The van der Waals surface area contributed by atoms with Crippen LogP contribution in [0.3, 0.4) is 0 Å². The van der Waals surface area contributed by atoms with Gasteiger partial charge in [0.05, 0.1) is 11.9 Å². The van der Waals surface area contributed by atoms with Gasteiger partial charge in [-0.15, -0.1) is 0 Å². The quantitative estimate of drug-likeness (QED) is 0.598. The van der Waals surface area contributed by atoms with Gasteiger partial charge in [0.2, 0.25) is 21.8 Å². The molecular formula is C23H30ClN3O4S. The maximum Gasteiger partial charge on any atom is 0.244 e. The van der Waals surface area contributed by atoms with Crippen LogP contribution in [0, 0.1) is 13.8 Å². The molecule has 0 aliphatic carbocycles. The molecule has 9 heteroatoms. The highest BCUT2D eigenvalue weighted by atomic mass is 35.5. The number of aryl methyl sites for hydroxylation is 2. The first-order valence-electron chi connectivity index (χ1n) is 10.3. The Bertz CT molecular complexity index is 1090. The van der Waals surface area contributed by atoms with E-state index in [9.17, 15) is 18.0 Å². The van der Waals surface area contributed by atoms with Crippen LogP contribution in [0.1, 0.15) is 30.5 Å². The Kier molecular flexibility index (Phi) is 8.69. The van der Waals surface area contributed by atoms with Crippen LogP contribution in [0.5, 0.6) is 0 Å². The van der Waals surface area contributed by atoms with Gasteiger partial charge >= 0.3 is 0 Å². The number of rotatable bonds is 9. The van der Waals surface area contributed by atoms with Crippen LogP contribution >= 0.6 is 11.6 Å². The van der Waals surface area contributed by atoms with Gasteiger partial charge in [-0.2, -0.15) is 0 Å². The number of likely N-dealkylation sites (N-methyl/N-ethyl adjacent to an activating group) is 1. The van der Waals surface area contributed by atoms with Gasteiger partial charge in [-0.05, 0) is 62.6 Å². The van der Waals surface area contributed by atoms with Gasteiger partial charge in [-0.3, -0.25) is 13.9 Å². The molecule has 174 valence electrons. The number of anilines is 1. The number of benzene rings is 2. The second-order valence-corrected chi connectivity index (χ2v) is 10.1. The number of halogens is 1. The molecule has 1 N–H and O–H groups in total. The van der Waals surface area contributed by atoms with E-state index in [1.165, 1.54) is 4.90 Å². The van der Waals surface area contributed by atoms with Crippen molar-refractivity contribution < 1.29 is 18.0 Å². The van der Waals surface area contributed by atoms with E-state index in [0.29, 0.717) is 17.3 Å². The van der Waals surface area contributed by atoms with Gasteiger partial charge in [0.25, 0.3) is 0 Å². The van der Waals surface area contributed by atoms with Gasteiger partial charge in [-0.1, -0.05) is 35.9 Å². The van der Waals surface area contributed by atoms with Crippen molar-refractivity contribution in [1.82, 2.24) is 10.2 Å². The second kappa shape index (κ2) is 10.8. The third-order valence-electron chi connectivity index (χ3n) is 5.07. The number of carbonyl (C=O) groups excluding carboxylic acids is 2. The summed E-state index contributed by atoms with van der Waals surface area (Å²) >= 11 is 6.09. The fourth-order valence-corrected chi connectivity index (χ4v) is 4.43. The summed E-state index contributed by atoms with van der Waals surface area (Å²) in [7, 11) is -3.76. The minimum absolute atomic E-state index is 0.113. The Hall–Kier alpha value is -2.58. The lowest BCUT2D eigenvalue weighted by atomic mass is 10.1. The van der Waals surface area contributed by atoms with Gasteiger partial charge in [0.15, 0.2) is 0 Å². The van der Waals surface area contributed by atoms with Crippen molar-refractivity contribution in [3.8, 4) is 0 Å². The van der Waals surface area contributed by atoms with E-state index >= 15 is 0 Å². The molecule has 0 aliphatic heterocycles. The topological polar surface area (TPSA) is 86.8 Å². The summed E-state index contributed by atoms with van der Waals surface area (Å²) in [4.78, 5) is 27.3. The number of nitrogens with one attached hydrogen (secondary N) is 1. The number of hydrogen-bond donors (Lipinski definition) is 1. The molecule has 2 aromatic rings. The number of carbonyl (C=O) groups is 2. The van der Waals surface area contributed by atoms with Crippen molar-refractivity contribution in [2.75, 3.05) is 23.7 Å². The Morgan fingerprint density at radius 1 is 1.12 bits per heavy atom. The molecule has 1 atom stereocenters. The van der Waals surface area contributed by atoms with Crippen molar-refractivity contribution in [1.29, 1.82) is 0 Å². The Morgan fingerprint density at radius 3 is 2.41 bits per heavy atom. The molecule has 0 fully saturated rings. The Morgan fingerprint density at radius 2 is 1.81 bits per heavy atom. The highest BCUT2D eigenvalue weighted by molar-refractivity contribution is 7.92. The van der Waals surface area contributed by atoms with Crippen LogP contribution in [-0.2, 0) is 26.2 Å². The molecule has 0 spiro atoms. The molecule has 0 aromatic heterocycles. The van der Waals surface area contributed by atoms with E-state index in [2.05, 4.69) is 5.32 Å². The van der Waals surface area contributed by atoms with Crippen molar-refractivity contribution in [2.45, 2.75) is 40.3 Å². The average molecular weight is 480 g/mol. The van der Waals surface area contributed by atoms with Crippen molar-refractivity contribution >= 4 is 39.1 Å². The summed E-state index contributed by atoms with van der Waals surface area (Å²) in [5.41, 5.74) is 2.78. The molecule has 0 saturated carbocycles. The molecule has 2 aromatic carbocycles. The summed E-state index contributed by atoms with van der Waals surface area (Å²) in [6, 6.07) is 11.6. The summed E-state index contributed by atoms with van der Waals surface area (Å²) < 4.78 is 26.3. The van der Waals surface area contributed by atoms with E-state index < -0.39 is 28.5 Å². The van der Waals surface area contributed by atoms with Gasteiger partial charge in [0.1, 0.15) is 12.6 Å². The molecule has 0 heterocycles. The third kappa shape index (κ3) is 6.71. The van der Waals surface area contributed by atoms with Gasteiger partial charge in [0, 0.05) is 18.1 Å². The highest BCUT2D eigenvalue weighted by Crippen LogP contribution is 2.24. The summed E-state index contributed by atoms with van der Waals surface area (Å²) in [5, 5.41) is 3.23. The molecule has 2 rings (SSSR count). The SMILES string of the molecule is CCNC(=O)[C@H](C)N(Cc1cccc(Cl)c1)C(=O)CN(c1cc(C)ccc1C)S(C)(=O)=O. The largest absolute Gasteiger partial charge is 0.355 e. The van der Waals surface area contributed by atoms with E-state index in [-0.39, 0.29) is 12.5 Å². The molecule has 0 unspecified atom stereocenters. The predicted molar refractivity (Wildman–Crippen MR) is 128 cm³/mol. The summed E-state index contributed by atoms with van der Waals surface area (Å²) in [5.74, 6) is -0.810. The summed E-state index contributed by atoms with van der Waals surface area (Å²) in [6.45, 7) is 7.16. The minimum atomic E-state index is -3.76. The lowest BCUT2D eigenvalue weighted by molar-refractivity contribution is -0.139. The average Bonchev–Trinajstić information content (AvgIpc) is 2.71. The Labute approximate surface area is 195 Å². The molecule has 0 aliphatic rings. The molecule has 0 radical (unpaired) electrons. The first-order valence-corrected chi connectivity index (χ1v) is 12.5. The summed E-state index contributed by atoms with van der Waals surface area (Å²) in [6.07, 6.45) is 1.07. The zero-order valence-corrected chi connectivity index (χ0v) is 20.6. The number of nitrogens with zero attached hydrogens (tertiary/aromatic N) is 2. The minimum Gasteiger partial charge on any atom is -0.355 e. The van der Waals surface area contributed by atoms with E-state index in [0.717, 1.165) is 27.3 Å². The van der Waals surface area contributed by atoms with Crippen LogP contribution in [0.4, 0.5) is 5.69 Å². The maximum absolute atomic E-state index is 13.4. The predicted octanol–water partition coefficient (Wildman–Crippen LogP) is 3.28. The first kappa shape index (κ1) is 25.7. The smallest absolute Gasteiger partial charge is 0.244 e. The number of amides is 2. The fraction of sp³-hybridized carbons (Fsp3) is 0.391. The standard InChI is InChI=1S/C23H30ClN3O4S/c1-6-25-23(29)18(4)26(14-19-8-7-9-20(24)13-19)22(28)15-27(32(5,30)31)21-12-16(2)10-11-17(21)3/h7-13,18H,6,14-15H2,1-5H3,(H,25,29)/t18-/m0/s1. The van der Waals surface area contributed by atoms with Gasteiger partial charge < -0.3 is 10.2 Å². The van der Waals surface area contributed by atoms with E-state index in [1.54, 1.807) is 51.1 Å². The van der Waals surface area contributed by atoms with Crippen molar-refractivity contribution in [2.24, 2.45) is 0 Å². The normalized spacial score (nSPS) is 12.2. The van der Waals surface area contributed by atoms with Crippen LogP contribution in [0.15, 0.2) is 42.5 Å². The zero-order chi connectivity index (χ0) is 24.1. The number of sulfonamides is 1. The molecule has 2 amide bonds. The molecular weight excluding hydrogens is 450 g/mol. The lowest BCUT2D eigenvalue weighted by Crippen LogP contribution is -2.51. The van der Waals surface area contributed by atoms with Crippen molar-refractivity contribution in [3.63, 3.8) is 0 Å². The van der Waals surface area contributed by atoms with Crippen LogP contribution < -0.4 is 9.62 Å². The zero-order valence-electron chi connectivity index (χ0n) is 19.1. The second-order valence-electron chi connectivity index (χ2n) is 7.78. The molecule has 0 bridgehead atoms. The maximum atomic E-state index is 13.4. The van der Waals surface area contributed by atoms with Crippen LogP contribution in [0.25, 0.3) is 0 Å². The highest BCUT2D eigenvalue weighted by Gasteiger charge is 2.30. The van der Waals surface area contributed by atoms with Crippen molar-refractivity contribution in [3.05, 3.63) is 64.2 Å². The molecule has 32 heavy (non-hydrogen) atoms. The Balaban J connectivity index is 2.43. The van der Waals surface area contributed by atoms with E-state index in [4.69, 9.17) is 11.6 Å². The number of hydrogen-bond acceptors (Lipinski definition) is 4. The van der Waals surface area contributed by atoms with Crippen LogP contribution in [0.2, 0.25) is 5.02 Å². The monoisotopic (exact) mass is 479 g/mol. The molecule has 0 saturated heterocycles. The van der Waals surface area contributed by atoms with E-state index in [1.807, 2.05) is 19.1 Å². The van der Waals surface area contributed by atoms with Crippen LogP contribution in [-0.4, -0.2) is 50.5 Å². The first-order chi connectivity index (χ1) is 14.9. The van der Waals surface area contributed by atoms with Gasteiger partial charge in [-0.25, -0.2) is 8.42 Å². The molecule has 7 nitrogen and oxygen atoms in total.